The third-order valence-electron chi connectivity index (χ3n) is 3.13. The van der Waals surface area contributed by atoms with E-state index in [1.807, 2.05) is 6.92 Å². The first-order valence-corrected chi connectivity index (χ1v) is 7.05. The fourth-order valence-electron chi connectivity index (χ4n) is 1.95. The Morgan fingerprint density at radius 2 is 2.09 bits per heavy atom. The van der Waals surface area contributed by atoms with Crippen molar-refractivity contribution >= 4 is 23.4 Å². The predicted molar refractivity (Wildman–Crippen MR) is 83.6 cm³/mol. The molecule has 5 nitrogen and oxygen atoms in total. The minimum atomic E-state index is -1.04. The molecule has 1 N–H and O–H groups in total. The lowest BCUT2D eigenvalue weighted by atomic mass is 10.1. The van der Waals surface area contributed by atoms with Crippen LogP contribution >= 0.6 is 11.6 Å². The lowest BCUT2D eigenvalue weighted by molar-refractivity contribution is 0.140. The van der Waals surface area contributed by atoms with Crippen molar-refractivity contribution in [3.63, 3.8) is 0 Å². The number of carbonyl (C=O) groups excluding carboxylic acids is 1. The molecule has 7 heteroatoms. The van der Waals surface area contributed by atoms with Crippen LogP contribution in [0, 0.1) is 12.7 Å². The molecule has 122 valence electrons. The number of anilines is 1. The van der Waals surface area contributed by atoms with Crippen LogP contribution in [-0.2, 0) is 11.3 Å². The van der Waals surface area contributed by atoms with Crippen molar-refractivity contribution in [1.29, 1.82) is 0 Å². The van der Waals surface area contributed by atoms with Gasteiger partial charge in [0.2, 0.25) is 0 Å². The molecule has 0 fully saturated rings. The Bertz CT molecular complexity index is 723. The number of hydrogen-bond acceptors (Lipinski definition) is 4. The monoisotopic (exact) mass is 339 g/mol. The van der Waals surface area contributed by atoms with Crippen molar-refractivity contribution in [1.82, 2.24) is 0 Å². The number of nitrogens with zero attached hydrogens (tertiary/aromatic N) is 1. The maximum atomic E-state index is 14.0. The fraction of sp³-hybridized carbons (Fsp3) is 0.188. The molecule has 0 heterocycles. The van der Waals surface area contributed by atoms with Gasteiger partial charge in [-0.15, -0.1) is 0 Å². The van der Waals surface area contributed by atoms with E-state index in [0.717, 1.165) is 12.7 Å². The number of methoxy groups -OCH3 is 1. The van der Waals surface area contributed by atoms with Crippen molar-refractivity contribution in [3.8, 4) is 5.75 Å². The molecule has 0 radical (unpaired) electrons. The van der Waals surface area contributed by atoms with Gasteiger partial charge in [0.15, 0.2) is 0 Å². The minimum absolute atomic E-state index is 0.00274. The minimum Gasteiger partial charge on any atom is -0.487 e. The molecule has 0 unspecified atom stereocenters. The van der Waals surface area contributed by atoms with E-state index in [2.05, 4.69) is 4.74 Å². The van der Waals surface area contributed by atoms with Crippen LogP contribution in [-0.4, -0.2) is 18.4 Å². The molecule has 2 rings (SSSR count). The molecule has 0 aliphatic heterocycles. The molecule has 1 amide bonds. The predicted octanol–water partition coefficient (Wildman–Crippen LogP) is 4.33. The molecule has 0 saturated carbocycles. The van der Waals surface area contributed by atoms with Gasteiger partial charge in [-0.25, -0.2) is 9.18 Å². The highest BCUT2D eigenvalue weighted by molar-refractivity contribution is 6.32. The number of rotatable bonds is 4. The third kappa shape index (κ3) is 3.91. The van der Waals surface area contributed by atoms with E-state index >= 15 is 0 Å². The fourth-order valence-corrected chi connectivity index (χ4v) is 2.24. The summed E-state index contributed by atoms with van der Waals surface area (Å²) in [4.78, 5) is 11.4. The van der Waals surface area contributed by atoms with Gasteiger partial charge < -0.3 is 9.47 Å². The van der Waals surface area contributed by atoms with Crippen LogP contribution in [0.5, 0.6) is 5.75 Å². The zero-order valence-electron chi connectivity index (χ0n) is 12.5. The van der Waals surface area contributed by atoms with Crippen LogP contribution in [0.3, 0.4) is 0 Å². The Hall–Kier alpha value is -2.31. The van der Waals surface area contributed by atoms with Gasteiger partial charge in [-0.1, -0.05) is 23.7 Å². The summed E-state index contributed by atoms with van der Waals surface area (Å²) < 4.78 is 24.0. The molecule has 0 aliphatic rings. The lowest BCUT2D eigenvalue weighted by Gasteiger charge is -2.18. The number of hydroxylamine groups is 1. The normalized spacial score (nSPS) is 10.3. The number of ether oxygens (including phenoxy) is 2. The summed E-state index contributed by atoms with van der Waals surface area (Å²) in [5, 5.41) is 10.4. The smallest absolute Gasteiger partial charge is 0.438 e. The summed E-state index contributed by atoms with van der Waals surface area (Å²) in [6, 6.07) is 9.11. The average Bonchev–Trinajstić information content (AvgIpc) is 2.53. The average molecular weight is 340 g/mol. The van der Waals surface area contributed by atoms with E-state index in [1.165, 1.54) is 18.2 Å². The highest BCUT2D eigenvalue weighted by Gasteiger charge is 2.20. The van der Waals surface area contributed by atoms with Crippen LogP contribution in [0.15, 0.2) is 36.4 Å². The molecular weight excluding hydrogens is 325 g/mol. The summed E-state index contributed by atoms with van der Waals surface area (Å²) in [5.41, 5.74) is 0.887. The third-order valence-corrected chi connectivity index (χ3v) is 3.42. The van der Waals surface area contributed by atoms with E-state index < -0.39 is 11.9 Å². The Balaban J connectivity index is 2.27. The zero-order valence-corrected chi connectivity index (χ0v) is 13.3. The Labute approximate surface area is 137 Å². The lowest BCUT2D eigenvalue weighted by Crippen LogP contribution is -2.28. The van der Waals surface area contributed by atoms with Crippen molar-refractivity contribution in [2.24, 2.45) is 0 Å². The van der Waals surface area contributed by atoms with Gasteiger partial charge in [-0.2, -0.15) is 5.06 Å². The zero-order chi connectivity index (χ0) is 17.0. The van der Waals surface area contributed by atoms with Gasteiger partial charge >= 0.3 is 6.09 Å². The van der Waals surface area contributed by atoms with Crippen molar-refractivity contribution in [2.75, 3.05) is 12.2 Å². The maximum Gasteiger partial charge on any atom is 0.438 e. The van der Waals surface area contributed by atoms with Gasteiger partial charge in [-0.05, 0) is 36.8 Å². The molecule has 23 heavy (non-hydrogen) atoms. The first-order chi connectivity index (χ1) is 10.9. The van der Waals surface area contributed by atoms with Gasteiger partial charge in [0.25, 0.3) is 0 Å². The summed E-state index contributed by atoms with van der Waals surface area (Å²) in [6.07, 6.45) is -1.04. The highest BCUT2D eigenvalue weighted by atomic mass is 35.5. The Morgan fingerprint density at radius 3 is 2.74 bits per heavy atom. The topological polar surface area (TPSA) is 59.0 Å². The Morgan fingerprint density at radius 1 is 1.35 bits per heavy atom. The second-order valence-corrected chi connectivity index (χ2v) is 5.15. The van der Waals surface area contributed by atoms with Gasteiger partial charge in [0.1, 0.15) is 18.2 Å². The molecule has 2 aromatic rings. The van der Waals surface area contributed by atoms with E-state index in [9.17, 15) is 14.4 Å². The number of hydrogen-bond donors (Lipinski definition) is 1. The van der Waals surface area contributed by atoms with E-state index in [4.69, 9.17) is 16.3 Å². The number of benzene rings is 2. The first kappa shape index (κ1) is 17.1. The van der Waals surface area contributed by atoms with Crippen LogP contribution in [0.2, 0.25) is 5.02 Å². The highest BCUT2D eigenvalue weighted by Crippen LogP contribution is 2.29. The number of carbonyl (C=O) groups is 1. The van der Waals surface area contributed by atoms with Crippen molar-refractivity contribution in [2.45, 2.75) is 13.5 Å². The summed E-state index contributed by atoms with van der Waals surface area (Å²) in [7, 11) is 1.10. The molecule has 0 spiro atoms. The molecule has 0 atom stereocenters. The molecule has 2 aromatic carbocycles. The van der Waals surface area contributed by atoms with E-state index in [0.29, 0.717) is 10.8 Å². The number of amides is 1. The van der Waals surface area contributed by atoms with Crippen LogP contribution < -0.4 is 9.80 Å². The van der Waals surface area contributed by atoms with Crippen LogP contribution in [0.25, 0.3) is 0 Å². The standard InChI is InChI=1S/C16H15ClFNO4/c1-10-6-7-15(12(17)8-10)23-9-11-13(18)4-3-5-14(11)19(21)16(20)22-2/h3-8,21H,9H2,1-2H3. The summed E-state index contributed by atoms with van der Waals surface area (Å²) >= 11 is 6.06. The Kier molecular flexibility index (Phi) is 5.41. The molecule has 0 saturated heterocycles. The molecule has 0 aliphatic carbocycles. The molecular formula is C16H15ClFNO4. The second-order valence-electron chi connectivity index (χ2n) is 4.74. The van der Waals surface area contributed by atoms with Crippen molar-refractivity contribution < 1.29 is 23.9 Å². The first-order valence-electron chi connectivity index (χ1n) is 6.67. The molecule has 0 bridgehead atoms. The summed E-state index contributed by atoms with van der Waals surface area (Å²) in [5.74, 6) is -0.261. The van der Waals surface area contributed by atoms with Gasteiger partial charge in [0, 0.05) is 0 Å². The van der Waals surface area contributed by atoms with Gasteiger partial charge in [0.05, 0.1) is 23.4 Å². The number of aryl methyl sites for hydroxylation is 1. The molecule has 0 aromatic heterocycles. The summed E-state index contributed by atoms with van der Waals surface area (Å²) in [6.45, 7) is 1.66. The van der Waals surface area contributed by atoms with Crippen LogP contribution in [0.1, 0.15) is 11.1 Å². The quantitative estimate of drug-likeness (QED) is 0.665. The largest absolute Gasteiger partial charge is 0.487 e. The van der Waals surface area contributed by atoms with E-state index in [-0.39, 0.29) is 22.9 Å². The van der Waals surface area contributed by atoms with Crippen molar-refractivity contribution in [3.05, 3.63) is 58.4 Å². The second kappa shape index (κ2) is 7.30. The SMILES string of the molecule is COC(=O)N(O)c1cccc(F)c1COc1ccc(C)cc1Cl. The van der Waals surface area contributed by atoms with E-state index in [1.54, 1.807) is 18.2 Å². The maximum absolute atomic E-state index is 14.0. The number of halogens is 2. The van der Waals surface area contributed by atoms with Crippen LogP contribution in [0.4, 0.5) is 14.9 Å². The van der Waals surface area contributed by atoms with Gasteiger partial charge in [-0.3, -0.25) is 5.21 Å².